The molecule has 112 valence electrons. The molecule has 4 nitrogen and oxygen atoms in total. The molecule has 0 saturated heterocycles. The lowest BCUT2D eigenvalue weighted by molar-refractivity contribution is 0.386. The van der Waals surface area contributed by atoms with Crippen LogP contribution >= 0.6 is 15.9 Å². The summed E-state index contributed by atoms with van der Waals surface area (Å²) in [5.74, 6) is -0.831. The minimum Gasteiger partial charge on any atom is -0.494 e. The summed E-state index contributed by atoms with van der Waals surface area (Å²) in [5, 5.41) is 0. The highest BCUT2D eigenvalue weighted by Crippen LogP contribution is 2.28. The van der Waals surface area contributed by atoms with Gasteiger partial charge in [-0.2, -0.15) is 0 Å². The fraction of sp³-hybridized carbons (Fsp3) is 0.143. The molecule has 0 amide bonds. The van der Waals surface area contributed by atoms with Crippen LogP contribution in [-0.2, 0) is 15.6 Å². The Morgan fingerprint density at radius 2 is 1.95 bits per heavy atom. The van der Waals surface area contributed by atoms with Crippen LogP contribution in [0.1, 0.15) is 5.56 Å². The molecule has 2 aromatic carbocycles. The second kappa shape index (κ2) is 6.03. The molecule has 0 radical (unpaired) electrons. The summed E-state index contributed by atoms with van der Waals surface area (Å²) in [4.78, 5) is 0.118. The Hall–Kier alpha value is -1.60. The molecule has 2 aromatic rings. The Bertz CT molecular complexity index is 778. The standard InChI is InChI=1S/C14H13BrFNO3S/c1-20-13-4-2-9(6-12(13)16)8-21(18,19)14-5-3-10(17)7-11(14)15/h2-7H,8,17H2,1H3. The van der Waals surface area contributed by atoms with Gasteiger partial charge in [0.15, 0.2) is 21.4 Å². The molecular weight excluding hydrogens is 361 g/mol. The Morgan fingerprint density at radius 1 is 1.24 bits per heavy atom. The van der Waals surface area contributed by atoms with Gasteiger partial charge in [0, 0.05) is 10.2 Å². The first kappa shape index (κ1) is 15.8. The predicted octanol–water partition coefficient (Wildman–Crippen LogP) is 3.15. The van der Waals surface area contributed by atoms with Crippen LogP contribution in [0.25, 0.3) is 0 Å². The summed E-state index contributed by atoms with van der Waals surface area (Å²) < 4.78 is 43.6. The second-order valence-electron chi connectivity index (χ2n) is 4.42. The lowest BCUT2D eigenvalue weighted by Crippen LogP contribution is -2.06. The van der Waals surface area contributed by atoms with E-state index in [1.54, 1.807) is 0 Å². The number of benzene rings is 2. The number of methoxy groups -OCH3 is 1. The van der Waals surface area contributed by atoms with E-state index in [4.69, 9.17) is 10.5 Å². The fourth-order valence-electron chi connectivity index (χ4n) is 1.87. The molecule has 2 rings (SSSR count). The maximum absolute atomic E-state index is 13.6. The Morgan fingerprint density at radius 3 is 2.52 bits per heavy atom. The van der Waals surface area contributed by atoms with Crippen molar-refractivity contribution < 1.29 is 17.5 Å². The zero-order valence-corrected chi connectivity index (χ0v) is 13.5. The monoisotopic (exact) mass is 373 g/mol. The Balaban J connectivity index is 2.35. The maximum Gasteiger partial charge on any atom is 0.183 e. The van der Waals surface area contributed by atoms with Crippen molar-refractivity contribution in [2.75, 3.05) is 12.8 Å². The number of hydrogen-bond donors (Lipinski definition) is 1. The summed E-state index contributed by atoms with van der Waals surface area (Å²) in [6.07, 6.45) is 0. The molecular formula is C14H13BrFNO3S. The third kappa shape index (κ3) is 3.54. The number of nitrogen functional groups attached to an aromatic ring is 1. The number of anilines is 1. The van der Waals surface area contributed by atoms with Crippen molar-refractivity contribution in [3.05, 3.63) is 52.3 Å². The Kier molecular flexibility index (Phi) is 4.53. The van der Waals surface area contributed by atoms with Gasteiger partial charge in [0.25, 0.3) is 0 Å². The molecule has 0 saturated carbocycles. The fourth-order valence-corrected chi connectivity index (χ4v) is 4.41. The van der Waals surface area contributed by atoms with Crippen LogP contribution in [0.4, 0.5) is 10.1 Å². The molecule has 2 N–H and O–H groups in total. The molecule has 0 atom stereocenters. The number of sulfone groups is 1. The minimum atomic E-state index is -3.61. The first-order chi connectivity index (χ1) is 9.83. The SMILES string of the molecule is COc1ccc(CS(=O)(=O)c2ccc(N)cc2Br)cc1F. The third-order valence-corrected chi connectivity index (χ3v) is 5.52. The lowest BCUT2D eigenvalue weighted by atomic mass is 10.2. The van der Waals surface area contributed by atoms with Crippen LogP contribution in [0, 0.1) is 5.82 Å². The van der Waals surface area contributed by atoms with E-state index in [0.29, 0.717) is 15.7 Å². The average Bonchev–Trinajstić information content (AvgIpc) is 2.37. The largest absolute Gasteiger partial charge is 0.494 e. The number of ether oxygens (including phenoxy) is 1. The predicted molar refractivity (Wildman–Crippen MR) is 82.4 cm³/mol. The van der Waals surface area contributed by atoms with E-state index in [1.807, 2.05) is 0 Å². The zero-order valence-electron chi connectivity index (χ0n) is 11.1. The van der Waals surface area contributed by atoms with Gasteiger partial charge in [0.05, 0.1) is 17.8 Å². The molecule has 0 fully saturated rings. The zero-order chi connectivity index (χ0) is 15.6. The summed E-state index contributed by atoms with van der Waals surface area (Å²) in [6.45, 7) is 0. The van der Waals surface area contributed by atoms with Gasteiger partial charge in [-0.1, -0.05) is 6.07 Å². The van der Waals surface area contributed by atoms with Crippen LogP contribution in [-0.4, -0.2) is 15.5 Å². The van der Waals surface area contributed by atoms with E-state index < -0.39 is 15.7 Å². The van der Waals surface area contributed by atoms with Crippen molar-refractivity contribution in [2.24, 2.45) is 0 Å². The van der Waals surface area contributed by atoms with Gasteiger partial charge in [-0.05, 0) is 51.8 Å². The van der Waals surface area contributed by atoms with Crippen LogP contribution in [0.3, 0.4) is 0 Å². The smallest absolute Gasteiger partial charge is 0.183 e. The quantitative estimate of drug-likeness (QED) is 0.835. The van der Waals surface area contributed by atoms with Gasteiger partial charge >= 0.3 is 0 Å². The number of halogens is 2. The van der Waals surface area contributed by atoms with Crippen LogP contribution in [0.5, 0.6) is 5.75 Å². The van der Waals surface area contributed by atoms with Crippen molar-refractivity contribution in [1.82, 2.24) is 0 Å². The Labute approximate surface area is 130 Å². The average molecular weight is 374 g/mol. The third-order valence-electron chi connectivity index (χ3n) is 2.86. The van der Waals surface area contributed by atoms with E-state index in [2.05, 4.69) is 15.9 Å². The number of rotatable bonds is 4. The number of hydrogen-bond acceptors (Lipinski definition) is 4. The molecule has 0 spiro atoms. The van der Waals surface area contributed by atoms with Gasteiger partial charge in [0.1, 0.15) is 0 Å². The van der Waals surface area contributed by atoms with Gasteiger partial charge in [-0.25, -0.2) is 12.8 Å². The molecule has 0 bridgehead atoms. The number of nitrogens with two attached hydrogens (primary N) is 1. The van der Waals surface area contributed by atoms with Crippen LogP contribution in [0.2, 0.25) is 0 Å². The topological polar surface area (TPSA) is 69.4 Å². The highest BCUT2D eigenvalue weighted by atomic mass is 79.9. The second-order valence-corrected chi connectivity index (χ2v) is 7.23. The summed E-state index contributed by atoms with van der Waals surface area (Å²) in [7, 11) is -2.26. The van der Waals surface area contributed by atoms with Gasteiger partial charge in [-0.15, -0.1) is 0 Å². The highest BCUT2D eigenvalue weighted by Gasteiger charge is 2.19. The molecule has 0 unspecified atom stereocenters. The van der Waals surface area contributed by atoms with Crippen molar-refractivity contribution in [1.29, 1.82) is 0 Å². The normalized spacial score (nSPS) is 11.4. The van der Waals surface area contributed by atoms with Crippen molar-refractivity contribution in [3.63, 3.8) is 0 Å². The van der Waals surface area contributed by atoms with Crippen molar-refractivity contribution >= 4 is 31.5 Å². The molecule has 7 heteroatoms. The maximum atomic E-state index is 13.6. The van der Waals surface area contributed by atoms with E-state index in [1.165, 1.54) is 37.4 Å². The summed E-state index contributed by atoms with van der Waals surface area (Å²) in [6, 6.07) is 8.52. The van der Waals surface area contributed by atoms with E-state index >= 15 is 0 Å². The molecule has 0 aliphatic carbocycles. The summed E-state index contributed by atoms with van der Waals surface area (Å²) in [5.41, 5.74) is 6.39. The molecule has 0 heterocycles. The van der Waals surface area contributed by atoms with Gasteiger partial charge < -0.3 is 10.5 Å². The minimum absolute atomic E-state index is 0.0739. The molecule has 0 aliphatic heterocycles. The van der Waals surface area contributed by atoms with Crippen molar-refractivity contribution in [2.45, 2.75) is 10.6 Å². The lowest BCUT2D eigenvalue weighted by Gasteiger charge is -2.09. The van der Waals surface area contributed by atoms with Crippen molar-refractivity contribution in [3.8, 4) is 5.75 Å². The highest BCUT2D eigenvalue weighted by molar-refractivity contribution is 9.10. The first-order valence-electron chi connectivity index (χ1n) is 5.93. The van der Waals surface area contributed by atoms with Crippen LogP contribution in [0.15, 0.2) is 45.8 Å². The molecule has 21 heavy (non-hydrogen) atoms. The first-order valence-corrected chi connectivity index (χ1v) is 8.38. The molecule has 0 aromatic heterocycles. The van der Waals surface area contributed by atoms with E-state index in [-0.39, 0.29) is 16.4 Å². The van der Waals surface area contributed by atoms with Gasteiger partial charge in [0.2, 0.25) is 0 Å². The molecule has 0 aliphatic rings. The van der Waals surface area contributed by atoms with Gasteiger partial charge in [-0.3, -0.25) is 0 Å². The van der Waals surface area contributed by atoms with Crippen LogP contribution < -0.4 is 10.5 Å². The van der Waals surface area contributed by atoms with E-state index in [0.717, 1.165) is 6.07 Å². The van der Waals surface area contributed by atoms with E-state index in [9.17, 15) is 12.8 Å². The summed E-state index contributed by atoms with van der Waals surface area (Å²) >= 11 is 3.18.